The first-order chi connectivity index (χ1) is 8.27. The SMILES string of the molecule is COc1cc(CCCO)c(O)c2c1OCCC2. The molecule has 0 bridgehead atoms. The number of fused-ring (bicyclic) bond motifs is 1. The predicted octanol–water partition coefficient (Wildman–Crippen LogP) is 1.65. The molecule has 1 heterocycles. The van der Waals surface area contributed by atoms with E-state index in [9.17, 15) is 5.11 Å². The number of hydrogen-bond acceptors (Lipinski definition) is 4. The number of aliphatic hydroxyl groups excluding tert-OH is 1. The van der Waals surface area contributed by atoms with Crippen LogP contribution in [0.25, 0.3) is 0 Å². The first-order valence-electron chi connectivity index (χ1n) is 5.93. The van der Waals surface area contributed by atoms with Crippen LogP contribution in [0.5, 0.6) is 17.2 Å². The van der Waals surface area contributed by atoms with Gasteiger partial charge in [-0.05, 0) is 37.3 Å². The molecule has 2 N–H and O–H groups in total. The zero-order valence-corrected chi connectivity index (χ0v) is 10.0. The summed E-state index contributed by atoms with van der Waals surface area (Å²) in [4.78, 5) is 0. The number of hydrogen-bond donors (Lipinski definition) is 2. The molecule has 4 heteroatoms. The molecule has 0 radical (unpaired) electrons. The van der Waals surface area contributed by atoms with Crippen LogP contribution in [-0.4, -0.2) is 30.5 Å². The van der Waals surface area contributed by atoms with E-state index < -0.39 is 0 Å². The summed E-state index contributed by atoms with van der Waals surface area (Å²) in [5.41, 5.74) is 1.66. The van der Waals surface area contributed by atoms with Gasteiger partial charge in [-0.25, -0.2) is 0 Å². The van der Waals surface area contributed by atoms with Crippen LogP contribution in [0.1, 0.15) is 24.0 Å². The van der Waals surface area contributed by atoms with Crippen molar-refractivity contribution in [2.24, 2.45) is 0 Å². The van der Waals surface area contributed by atoms with Gasteiger partial charge in [0.05, 0.1) is 13.7 Å². The van der Waals surface area contributed by atoms with Crippen molar-refractivity contribution in [2.75, 3.05) is 20.3 Å². The van der Waals surface area contributed by atoms with Gasteiger partial charge in [0.25, 0.3) is 0 Å². The highest BCUT2D eigenvalue weighted by Crippen LogP contribution is 2.42. The minimum absolute atomic E-state index is 0.120. The number of rotatable bonds is 4. The molecular weight excluding hydrogens is 220 g/mol. The largest absolute Gasteiger partial charge is 0.507 e. The topological polar surface area (TPSA) is 58.9 Å². The van der Waals surface area contributed by atoms with E-state index in [1.165, 1.54) is 0 Å². The van der Waals surface area contributed by atoms with Gasteiger partial charge in [-0.3, -0.25) is 0 Å². The fourth-order valence-corrected chi connectivity index (χ4v) is 2.17. The maximum atomic E-state index is 10.2. The Morgan fingerprint density at radius 2 is 2.29 bits per heavy atom. The normalized spacial score (nSPS) is 14.0. The van der Waals surface area contributed by atoms with E-state index in [2.05, 4.69) is 0 Å². The summed E-state index contributed by atoms with van der Waals surface area (Å²) in [7, 11) is 1.60. The maximum absolute atomic E-state index is 10.2. The molecule has 0 spiro atoms. The lowest BCUT2D eigenvalue weighted by atomic mass is 9.98. The van der Waals surface area contributed by atoms with Crippen LogP contribution in [0.2, 0.25) is 0 Å². The van der Waals surface area contributed by atoms with Gasteiger partial charge >= 0.3 is 0 Å². The number of phenolic OH excluding ortho intramolecular Hbond substituents is 1. The Hall–Kier alpha value is -1.42. The van der Waals surface area contributed by atoms with Crippen LogP contribution in [0, 0.1) is 0 Å². The summed E-state index contributed by atoms with van der Waals surface area (Å²) < 4.78 is 10.8. The van der Waals surface area contributed by atoms with E-state index in [1.807, 2.05) is 0 Å². The third-order valence-corrected chi connectivity index (χ3v) is 3.03. The molecule has 0 saturated carbocycles. The van der Waals surface area contributed by atoms with Crippen molar-refractivity contribution >= 4 is 0 Å². The van der Waals surface area contributed by atoms with Crippen molar-refractivity contribution in [3.8, 4) is 17.2 Å². The van der Waals surface area contributed by atoms with Crippen LogP contribution in [0.15, 0.2) is 6.07 Å². The van der Waals surface area contributed by atoms with Gasteiger partial charge in [-0.15, -0.1) is 0 Å². The van der Waals surface area contributed by atoms with Gasteiger partial charge in [-0.2, -0.15) is 0 Å². The third-order valence-electron chi connectivity index (χ3n) is 3.03. The molecule has 1 aromatic carbocycles. The van der Waals surface area contributed by atoms with E-state index in [0.29, 0.717) is 36.7 Å². The van der Waals surface area contributed by atoms with Crippen molar-refractivity contribution in [1.82, 2.24) is 0 Å². The molecule has 1 aliphatic heterocycles. The average Bonchev–Trinajstić information content (AvgIpc) is 2.38. The summed E-state index contributed by atoms with van der Waals surface area (Å²) >= 11 is 0. The summed E-state index contributed by atoms with van der Waals surface area (Å²) in [5.74, 6) is 1.64. The number of aryl methyl sites for hydroxylation is 1. The molecule has 0 unspecified atom stereocenters. The van der Waals surface area contributed by atoms with E-state index in [4.69, 9.17) is 14.6 Å². The highest BCUT2D eigenvalue weighted by Gasteiger charge is 2.22. The van der Waals surface area contributed by atoms with Crippen molar-refractivity contribution < 1.29 is 19.7 Å². The number of aromatic hydroxyl groups is 1. The molecule has 2 rings (SSSR count). The number of ether oxygens (including phenoxy) is 2. The molecule has 17 heavy (non-hydrogen) atoms. The van der Waals surface area contributed by atoms with Crippen LogP contribution in [0.4, 0.5) is 0 Å². The Balaban J connectivity index is 2.41. The van der Waals surface area contributed by atoms with Gasteiger partial charge in [0, 0.05) is 12.2 Å². The van der Waals surface area contributed by atoms with E-state index in [0.717, 1.165) is 24.0 Å². The van der Waals surface area contributed by atoms with Crippen LogP contribution in [0.3, 0.4) is 0 Å². The molecule has 0 amide bonds. The maximum Gasteiger partial charge on any atom is 0.168 e. The van der Waals surface area contributed by atoms with E-state index in [-0.39, 0.29) is 6.61 Å². The zero-order chi connectivity index (χ0) is 12.3. The first kappa shape index (κ1) is 12.0. The highest BCUT2D eigenvalue weighted by atomic mass is 16.5. The molecule has 0 atom stereocenters. The van der Waals surface area contributed by atoms with E-state index >= 15 is 0 Å². The van der Waals surface area contributed by atoms with E-state index in [1.54, 1.807) is 13.2 Å². The van der Waals surface area contributed by atoms with Gasteiger partial charge < -0.3 is 19.7 Å². The molecule has 94 valence electrons. The molecule has 0 saturated heterocycles. The van der Waals surface area contributed by atoms with Crippen molar-refractivity contribution in [2.45, 2.75) is 25.7 Å². The Morgan fingerprint density at radius 1 is 1.47 bits per heavy atom. The molecule has 4 nitrogen and oxygen atoms in total. The summed E-state index contributed by atoms with van der Waals surface area (Å²) in [6, 6.07) is 1.80. The van der Waals surface area contributed by atoms with Crippen molar-refractivity contribution in [3.63, 3.8) is 0 Å². The predicted molar refractivity (Wildman–Crippen MR) is 63.9 cm³/mol. The summed E-state index contributed by atoms with van der Waals surface area (Å²) in [6.45, 7) is 0.786. The fourth-order valence-electron chi connectivity index (χ4n) is 2.17. The molecule has 0 aromatic heterocycles. The standard InChI is InChI=1S/C13H18O4/c1-16-11-8-9(4-2-6-14)12(15)10-5-3-7-17-13(10)11/h8,14-15H,2-7H2,1H3. The van der Waals surface area contributed by atoms with Crippen LogP contribution < -0.4 is 9.47 Å². The molecule has 1 aromatic rings. The summed E-state index contributed by atoms with van der Waals surface area (Å²) in [6.07, 6.45) is 3.00. The smallest absolute Gasteiger partial charge is 0.168 e. The van der Waals surface area contributed by atoms with Crippen LogP contribution in [-0.2, 0) is 12.8 Å². The first-order valence-corrected chi connectivity index (χ1v) is 5.93. The summed E-state index contributed by atoms with van der Waals surface area (Å²) in [5, 5.41) is 19.0. The number of benzene rings is 1. The minimum atomic E-state index is 0.120. The monoisotopic (exact) mass is 238 g/mol. The molecule has 0 aliphatic carbocycles. The van der Waals surface area contributed by atoms with Crippen LogP contribution >= 0.6 is 0 Å². The van der Waals surface area contributed by atoms with Gasteiger partial charge in [0.15, 0.2) is 11.5 Å². The second-order valence-corrected chi connectivity index (χ2v) is 4.17. The second-order valence-electron chi connectivity index (χ2n) is 4.17. The Morgan fingerprint density at radius 3 is 3.00 bits per heavy atom. The zero-order valence-electron chi connectivity index (χ0n) is 10.0. The third kappa shape index (κ3) is 2.31. The fraction of sp³-hybridized carbons (Fsp3) is 0.538. The Labute approximate surface area is 101 Å². The van der Waals surface area contributed by atoms with Gasteiger partial charge in [0.1, 0.15) is 5.75 Å². The number of aliphatic hydroxyl groups is 1. The minimum Gasteiger partial charge on any atom is -0.507 e. The van der Waals surface area contributed by atoms with Crippen molar-refractivity contribution in [1.29, 1.82) is 0 Å². The Bertz CT molecular complexity index is 401. The number of phenols is 1. The molecular formula is C13H18O4. The molecule has 1 aliphatic rings. The highest BCUT2D eigenvalue weighted by molar-refractivity contribution is 5.58. The average molecular weight is 238 g/mol. The second kappa shape index (κ2) is 5.27. The quantitative estimate of drug-likeness (QED) is 0.837. The van der Waals surface area contributed by atoms with Gasteiger partial charge in [0.2, 0.25) is 0 Å². The Kier molecular flexibility index (Phi) is 3.74. The lowest BCUT2D eigenvalue weighted by Gasteiger charge is -2.22. The lowest BCUT2D eigenvalue weighted by molar-refractivity contribution is 0.263. The lowest BCUT2D eigenvalue weighted by Crippen LogP contribution is -2.11. The number of methoxy groups -OCH3 is 1. The molecule has 0 fully saturated rings. The van der Waals surface area contributed by atoms with Crippen molar-refractivity contribution in [3.05, 3.63) is 17.2 Å². The van der Waals surface area contributed by atoms with Gasteiger partial charge in [-0.1, -0.05) is 0 Å².